The van der Waals surface area contributed by atoms with Gasteiger partial charge >= 0.3 is 0 Å². The number of rotatable bonds is 3. The summed E-state index contributed by atoms with van der Waals surface area (Å²) in [4.78, 5) is 31.5. The monoisotopic (exact) mass is 380 g/mol. The number of thioether (sulfide) groups is 1. The second-order valence-electron chi connectivity index (χ2n) is 6.44. The molecule has 7 heteroatoms. The first kappa shape index (κ1) is 16.0. The predicted molar refractivity (Wildman–Crippen MR) is 106 cm³/mol. The van der Waals surface area contributed by atoms with Crippen LogP contribution in [0.15, 0.2) is 40.4 Å². The zero-order chi connectivity index (χ0) is 17.7. The molecule has 0 fully saturated rings. The number of hydrogen-bond acceptors (Lipinski definition) is 6. The van der Waals surface area contributed by atoms with Gasteiger partial charge in [-0.15, -0.1) is 11.3 Å². The van der Waals surface area contributed by atoms with Crippen LogP contribution in [0, 0.1) is 0 Å². The largest absolute Gasteiger partial charge is 0.309 e. The van der Waals surface area contributed by atoms with Gasteiger partial charge in [-0.1, -0.05) is 23.9 Å². The van der Waals surface area contributed by atoms with Crippen molar-refractivity contribution in [1.29, 1.82) is 0 Å². The zero-order valence-corrected chi connectivity index (χ0v) is 15.8. The van der Waals surface area contributed by atoms with Crippen LogP contribution in [0.5, 0.6) is 0 Å². The maximum atomic E-state index is 12.4. The average molecular weight is 380 g/mol. The van der Waals surface area contributed by atoms with E-state index >= 15 is 0 Å². The van der Waals surface area contributed by atoms with Crippen molar-refractivity contribution >= 4 is 44.2 Å². The summed E-state index contributed by atoms with van der Waals surface area (Å²) < 4.78 is 0. The summed E-state index contributed by atoms with van der Waals surface area (Å²) in [5.74, 6) is 0.678. The molecular formula is C19H16N4OS2. The molecule has 1 aliphatic carbocycles. The summed E-state index contributed by atoms with van der Waals surface area (Å²) >= 11 is 3.43. The SMILES string of the molecule is CC(Sc1ncnc2sc3c(c12)CCC3)c1nc2ccccc2c(=O)[nH]1. The lowest BCUT2D eigenvalue weighted by Gasteiger charge is -2.11. The predicted octanol–water partition coefficient (Wildman–Crippen LogP) is 4.27. The van der Waals surface area contributed by atoms with Gasteiger partial charge in [0.1, 0.15) is 22.0 Å². The topological polar surface area (TPSA) is 71.5 Å². The van der Waals surface area contributed by atoms with Crippen molar-refractivity contribution in [3.8, 4) is 0 Å². The van der Waals surface area contributed by atoms with Gasteiger partial charge in [0.25, 0.3) is 5.56 Å². The first-order valence-corrected chi connectivity index (χ1v) is 10.3. The quantitative estimate of drug-likeness (QED) is 0.424. The van der Waals surface area contributed by atoms with Gasteiger partial charge in [0.15, 0.2) is 0 Å². The minimum absolute atomic E-state index is 0.0117. The van der Waals surface area contributed by atoms with Crippen molar-refractivity contribution in [3.63, 3.8) is 0 Å². The number of para-hydroxylation sites is 1. The van der Waals surface area contributed by atoms with Crippen molar-refractivity contribution in [2.45, 2.75) is 36.5 Å². The van der Waals surface area contributed by atoms with E-state index in [-0.39, 0.29) is 10.8 Å². The Labute approximate surface area is 157 Å². The number of aryl methyl sites for hydroxylation is 2. The molecule has 130 valence electrons. The van der Waals surface area contributed by atoms with Gasteiger partial charge in [-0.2, -0.15) is 0 Å². The number of aromatic nitrogens is 4. The minimum atomic E-state index is -0.0951. The third-order valence-corrected chi connectivity index (χ3v) is 7.08. The summed E-state index contributed by atoms with van der Waals surface area (Å²) in [7, 11) is 0. The number of H-pyrrole nitrogens is 1. The highest BCUT2D eigenvalue weighted by Crippen LogP contribution is 2.43. The molecule has 0 saturated heterocycles. The van der Waals surface area contributed by atoms with Gasteiger partial charge in [0.05, 0.1) is 16.2 Å². The molecule has 1 atom stereocenters. The van der Waals surface area contributed by atoms with Crippen LogP contribution in [0.1, 0.15) is 34.9 Å². The molecule has 1 unspecified atom stereocenters. The van der Waals surface area contributed by atoms with E-state index in [0.29, 0.717) is 11.2 Å². The number of benzene rings is 1. The van der Waals surface area contributed by atoms with Gasteiger partial charge in [0.2, 0.25) is 0 Å². The highest BCUT2D eigenvalue weighted by Gasteiger charge is 2.23. The van der Waals surface area contributed by atoms with E-state index in [0.717, 1.165) is 28.2 Å². The van der Waals surface area contributed by atoms with Gasteiger partial charge in [-0.25, -0.2) is 15.0 Å². The fourth-order valence-electron chi connectivity index (χ4n) is 3.51. The van der Waals surface area contributed by atoms with Crippen LogP contribution < -0.4 is 5.56 Å². The Morgan fingerprint density at radius 3 is 3.04 bits per heavy atom. The Kier molecular flexibility index (Phi) is 3.79. The maximum Gasteiger partial charge on any atom is 0.258 e. The number of nitrogens with zero attached hydrogens (tertiary/aromatic N) is 3. The van der Waals surface area contributed by atoms with E-state index in [2.05, 4.69) is 26.9 Å². The van der Waals surface area contributed by atoms with Gasteiger partial charge < -0.3 is 4.98 Å². The molecule has 1 aliphatic rings. The van der Waals surface area contributed by atoms with E-state index in [9.17, 15) is 4.79 Å². The molecule has 0 aliphatic heterocycles. The van der Waals surface area contributed by atoms with Crippen molar-refractivity contribution in [3.05, 3.63) is 57.2 Å². The van der Waals surface area contributed by atoms with E-state index in [4.69, 9.17) is 0 Å². The van der Waals surface area contributed by atoms with Crippen LogP contribution in [0.25, 0.3) is 21.1 Å². The molecule has 26 heavy (non-hydrogen) atoms. The Bertz CT molecular complexity index is 1200. The highest BCUT2D eigenvalue weighted by atomic mass is 32.2. The van der Waals surface area contributed by atoms with Crippen LogP contribution in [0.2, 0.25) is 0 Å². The molecule has 5 nitrogen and oxygen atoms in total. The van der Waals surface area contributed by atoms with E-state index in [1.165, 1.54) is 22.2 Å². The standard InChI is InChI=1S/C19H16N4OS2/c1-10(16-22-13-7-3-2-5-11(13)17(24)23-16)25-18-15-12-6-4-8-14(12)26-19(15)21-9-20-18/h2-3,5,7,9-10H,4,6,8H2,1H3,(H,22,23,24). The fraction of sp³-hybridized carbons (Fsp3) is 0.263. The van der Waals surface area contributed by atoms with Crippen LogP contribution in [0.3, 0.4) is 0 Å². The van der Waals surface area contributed by atoms with Crippen LogP contribution in [-0.4, -0.2) is 19.9 Å². The molecule has 5 rings (SSSR count). The molecule has 0 radical (unpaired) electrons. The van der Waals surface area contributed by atoms with E-state index in [1.807, 2.05) is 18.2 Å². The van der Waals surface area contributed by atoms with Crippen LogP contribution >= 0.6 is 23.1 Å². The van der Waals surface area contributed by atoms with Gasteiger partial charge in [-0.05, 0) is 43.9 Å². The molecule has 1 aromatic carbocycles. The maximum absolute atomic E-state index is 12.4. The van der Waals surface area contributed by atoms with Gasteiger partial charge in [0, 0.05) is 10.3 Å². The molecule has 0 saturated carbocycles. The number of nitrogens with one attached hydrogen (secondary N) is 1. The van der Waals surface area contributed by atoms with E-state index < -0.39 is 0 Å². The van der Waals surface area contributed by atoms with Crippen molar-refractivity contribution < 1.29 is 0 Å². The molecular weight excluding hydrogens is 364 g/mol. The normalized spacial score (nSPS) is 14.8. The van der Waals surface area contributed by atoms with Crippen molar-refractivity contribution in [1.82, 2.24) is 19.9 Å². The van der Waals surface area contributed by atoms with Crippen LogP contribution in [-0.2, 0) is 12.8 Å². The Morgan fingerprint density at radius 1 is 1.23 bits per heavy atom. The highest BCUT2D eigenvalue weighted by molar-refractivity contribution is 7.99. The summed E-state index contributed by atoms with van der Waals surface area (Å²) in [6.45, 7) is 2.05. The Morgan fingerprint density at radius 2 is 2.12 bits per heavy atom. The second-order valence-corrected chi connectivity index (χ2v) is 8.86. The molecule has 0 amide bonds. The van der Waals surface area contributed by atoms with Gasteiger partial charge in [-0.3, -0.25) is 4.79 Å². The Balaban J connectivity index is 1.56. The summed E-state index contributed by atoms with van der Waals surface area (Å²) in [5.41, 5.74) is 2.05. The smallest absolute Gasteiger partial charge is 0.258 e. The second kappa shape index (κ2) is 6.17. The summed E-state index contributed by atoms with van der Waals surface area (Å²) in [6.07, 6.45) is 5.11. The molecule has 3 heterocycles. The molecule has 1 N–H and O–H groups in total. The summed E-state index contributed by atoms with van der Waals surface area (Å²) in [6, 6.07) is 7.43. The first-order valence-electron chi connectivity index (χ1n) is 8.61. The number of hydrogen-bond donors (Lipinski definition) is 1. The third-order valence-electron chi connectivity index (χ3n) is 4.77. The Hall–Kier alpha value is -2.25. The summed E-state index contributed by atoms with van der Waals surface area (Å²) in [5, 5.41) is 2.79. The molecule has 4 aromatic rings. The minimum Gasteiger partial charge on any atom is -0.309 e. The molecule has 0 spiro atoms. The lowest BCUT2D eigenvalue weighted by atomic mass is 10.2. The van der Waals surface area contributed by atoms with Crippen molar-refractivity contribution in [2.24, 2.45) is 0 Å². The van der Waals surface area contributed by atoms with E-state index in [1.54, 1.807) is 35.5 Å². The van der Waals surface area contributed by atoms with Crippen molar-refractivity contribution in [2.75, 3.05) is 0 Å². The third kappa shape index (κ3) is 2.54. The number of thiophene rings is 1. The lowest BCUT2D eigenvalue weighted by molar-refractivity contribution is 0.912. The molecule has 3 aromatic heterocycles. The number of aromatic amines is 1. The lowest BCUT2D eigenvalue weighted by Crippen LogP contribution is -2.12. The number of fused-ring (bicyclic) bond motifs is 4. The average Bonchev–Trinajstić information content (AvgIpc) is 3.23. The molecule has 0 bridgehead atoms. The first-order chi connectivity index (χ1) is 12.7. The van der Waals surface area contributed by atoms with Crippen LogP contribution in [0.4, 0.5) is 0 Å². The fourth-order valence-corrected chi connectivity index (χ4v) is 5.81. The zero-order valence-electron chi connectivity index (χ0n) is 14.2.